The molecule has 1 unspecified atom stereocenters. The van der Waals surface area contributed by atoms with E-state index in [0.717, 1.165) is 31.7 Å². The molecule has 0 amide bonds. The Hall–Kier alpha value is -2.33. The van der Waals surface area contributed by atoms with Crippen molar-refractivity contribution >= 4 is 11.7 Å². The van der Waals surface area contributed by atoms with Crippen LogP contribution in [0.1, 0.15) is 16.7 Å². The Bertz CT molecular complexity index is 702. The molecule has 1 N–H and O–H groups in total. The summed E-state index contributed by atoms with van der Waals surface area (Å²) in [6, 6.07) is 16.2. The standard InChI is InChI=1S/C21H26N2O2/c1-16-12-17(2)14-18(13-16)15-20(21(24)25)23-10-8-22(9-11-23)19-6-4-3-5-7-19/h3-7,12-14,20H,8-11,15H2,1-2H3,(H,24,25). The first-order valence-electron chi connectivity index (χ1n) is 8.87. The Morgan fingerprint density at radius 1 is 1.00 bits per heavy atom. The summed E-state index contributed by atoms with van der Waals surface area (Å²) in [4.78, 5) is 16.3. The van der Waals surface area contributed by atoms with Gasteiger partial charge < -0.3 is 10.0 Å². The number of aliphatic carboxylic acids is 1. The first-order chi connectivity index (χ1) is 12.0. The zero-order valence-corrected chi connectivity index (χ0v) is 15.0. The minimum Gasteiger partial charge on any atom is -0.480 e. The van der Waals surface area contributed by atoms with E-state index in [1.165, 1.54) is 16.8 Å². The molecular weight excluding hydrogens is 312 g/mol. The SMILES string of the molecule is Cc1cc(C)cc(CC(C(=O)O)N2CCN(c3ccccc3)CC2)c1. The number of benzene rings is 2. The molecule has 2 aromatic carbocycles. The number of carboxylic acids is 1. The molecule has 1 heterocycles. The first-order valence-corrected chi connectivity index (χ1v) is 8.87. The van der Waals surface area contributed by atoms with Gasteiger partial charge in [0.2, 0.25) is 0 Å². The molecular formula is C21H26N2O2. The molecule has 2 aromatic rings. The zero-order valence-electron chi connectivity index (χ0n) is 15.0. The Morgan fingerprint density at radius 2 is 1.60 bits per heavy atom. The summed E-state index contributed by atoms with van der Waals surface area (Å²) in [5, 5.41) is 9.75. The average molecular weight is 338 g/mol. The molecule has 25 heavy (non-hydrogen) atoms. The van der Waals surface area contributed by atoms with Gasteiger partial charge in [0.1, 0.15) is 6.04 Å². The molecule has 1 saturated heterocycles. The topological polar surface area (TPSA) is 43.8 Å². The maximum Gasteiger partial charge on any atom is 0.321 e. The number of aryl methyl sites for hydroxylation is 2. The number of hydrogen-bond donors (Lipinski definition) is 1. The second kappa shape index (κ2) is 7.70. The van der Waals surface area contributed by atoms with Crippen molar-refractivity contribution in [2.75, 3.05) is 31.1 Å². The lowest BCUT2D eigenvalue weighted by Crippen LogP contribution is -2.53. The smallest absolute Gasteiger partial charge is 0.321 e. The van der Waals surface area contributed by atoms with Crippen LogP contribution in [0.15, 0.2) is 48.5 Å². The fourth-order valence-electron chi connectivity index (χ4n) is 3.71. The monoisotopic (exact) mass is 338 g/mol. The van der Waals surface area contributed by atoms with Gasteiger partial charge in [0.25, 0.3) is 0 Å². The van der Waals surface area contributed by atoms with E-state index in [4.69, 9.17) is 0 Å². The van der Waals surface area contributed by atoms with Gasteiger partial charge in [-0.2, -0.15) is 0 Å². The third kappa shape index (κ3) is 4.40. The summed E-state index contributed by atoms with van der Waals surface area (Å²) in [6.45, 7) is 7.39. The highest BCUT2D eigenvalue weighted by Gasteiger charge is 2.29. The van der Waals surface area contributed by atoms with Crippen molar-refractivity contribution in [1.82, 2.24) is 4.90 Å². The van der Waals surface area contributed by atoms with Crippen molar-refractivity contribution in [3.63, 3.8) is 0 Å². The number of carboxylic acid groups (broad SMARTS) is 1. The van der Waals surface area contributed by atoms with Gasteiger partial charge >= 0.3 is 5.97 Å². The maximum atomic E-state index is 11.9. The number of carbonyl (C=O) groups is 1. The van der Waals surface area contributed by atoms with E-state index < -0.39 is 12.0 Å². The summed E-state index contributed by atoms with van der Waals surface area (Å²) in [5.74, 6) is -0.729. The summed E-state index contributed by atoms with van der Waals surface area (Å²) in [7, 11) is 0. The van der Waals surface area contributed by atoms with Crippen LogP contribution >= 0.6 is 0 Å². The fraction of sp³-hybridized carbons (Fsp3) is 0.381. The highest BCUT2D eigenvalue weighted by Crippen LogP contribution is 2.19. The molecule has 132 valence electrons. The number of piperazine rings is 1. The zero-order chi connectivity index (χ0) is 17.8. The van der Waals surface area contributed by atoms with Gasteiger partial charge in [-0.05, 0) is 38.0 Å². The lowest BCUT2D eigenvalue weighted by Gasteiger charge is -2.38. The second-order valence-corrected chi connectivity index (χ2v) is 6.91. The van der Waals surface area contributed by atoms with Crippen molar-refractivity contribution in [2.24, 2.45) is 0 Å². The summed E-state index contributed by atoms with van der Waals surface area (Å²) < 4.78 is 0. The van der Waals surface area contributed by atoms with E-state index in [1.807, 2.05) is 18.2 Å². The van der Waals surface area contributed by atoms with Crippen molar-refractivity contribution < 1.29 is 9.90 Å². The molecule has 0 aliphatic carbocycles. The van der Waals surface area contributed by atoms with E-state index in [0.29, 0.717) is 6.42 Å². The van der Waals surface area contributed by atoms with E-state index in [-0.39, 0.29) is 0 Å². The van der Waals surface area contributed by atoms with Crippen LogP contribution in [-0.2, 0) is 11.2 Å². The van der Waals surface area contributed by atoms with E-state index in [9.17, 15) is 9.90 Å². The molecule has 1 atom stereocenters. The highest BCUT2D eigenvalue weighted by molar-refractivity contribution is 5.74. The molecule has 0 radical (unpaired) electrons. The van der Waals surface area contributed by atoms with Gasteiger partial charge in [0.15, 0.2) is 0 Å². The van der Waals surface area contributed by atoms with Gasteiger partial charge in [0.05, 0.1) is 0 Å². The molecule has 1 aliphatic heterocycles. The molecule has 0 aromatic heterocycles. The predicted octanol–water partition coefficient (Wildman–Crippen LogP) is 3.12. The van der Waals surface area contributed by atoms with Crippen LogP contribution in [0.3, 0.4) is 0 Å². The van der Waals surface area contributed by atoms with Crippen molar-refractivity contribution in [3.05, 3.63) is 65.2 Å². The second-order valence-electron chi connectivity index (χ2n) is 6.91. The number of anilines is 1. The van der Waals surface area contributed by atoms with Crippen molar-refractivity contribution in [1.29, 1.82) is 0 Å². The van der Waals surface area contributed by atoms with Crippen LogP contribution in [0.2, 0.25) is 0 Å². The molecule has 1 fully saturated rings. The van der Waals surface area contributed by atoms with Gasteiger partial charge in [-0.1, -0.05) is 47.5 Å². The van der Waals surface area contributed by atoms with Crippen LogP contribution in [-0.4, -0.2) is 48.2 Å². The average Bonchev–Trinajstić information content (AvgIpc) is 2.60. The van der Waals surface area contributed by atoms with Crippen LogP contribution in [0.25, 0.3) is 0 Å². The van der Waals surface area contributed by atoms with Crippen LogP contribution < -0.4 is 4.90 Å². The Morgan fingerprint density at radius 3 is 2.16 bits per heavy atom. The summed E-state index contributed by atoms with van der Waals surface area (Å²) in [5.41, 5.74) is 4.69. The van der Waals surface area contributed by atoms with Gasteiger partial charge in [0, 0.05) is 31.9 Å². The van der Waals surface area contributed by atoms with Gasteiger partial charge in [-0.25, -0.2) is 0 Å². The third-order valence-corrected chi connectivity index (χ3v) is 4.87. The molecule has 0 spiro atoms. The summed E-state index contributed by atoms with van der Waals surface area (Å²) in [6.07, 6.45) is 0.559. The van der Waals surface area contributed by atoms with Crippen LogP contribution in [0.5, 0.6) is 0 Å². The Labute approximate surface area is 149 Å². The molecule has 4 heteroatoms. The predicted molar refractivity (Wildman–Crippen MR) is 101 cm³/mol. The van der Waals surface area contributed by atoms with Crippen LogP contribution in [0, 0.1) is 13.8 Å². The quantitative estimate of drug-likeness (QED) is 0.910. The first kappa shape index (κ1) is 17.5. The summed E-state index contributed by atoms with van der Waals surface area (Å²) >= 11 is 0. The van der Waals surface area contributed by atoms with Gasteiger partial charge in [-0.15, -0.1) is 0 Å². The minimum absolute atomic E-state index is 0.459. The van der Waals surface area contributed by atoms with Gasteiger partial charge in [-0.3, -0.25) is 9.69 Å². The van der Waals surface area contributed by atoms with Crippen molar-refractivity contribution in [3.8, 4) is 0 Å². The molecule has 4 nitrogen and oxygen atoms in total. The van der Waals surface area contributed by atoms with Crippen molar-refractivity contribution in [2.45, 2.75) is 26.3 Å². The largest absolute Gasteiger partial charge is 0.480 e. The molecule has 1 aliphatic rings. The lowest BCUT2D eigenvalue weighted by atomic mass is 10.00. The normalized spacial score (nSPS) is 16.6. The molecule has 3 rings (SSSR count). The van der Waals surface area contributed by atoms with Crippen LogP contribution in [0.4, 0.5) is 5.69 Å². The lowest BCUT2D eigenvalue weighted by molar-refractivity contribution is -0.143. The number of nitrogens with zero attached hydrogens (tertiary/aromatic N) is 2. The number of rotatable bonds is 5. The number of hydrogen-bond acceptors (Lipinski definition) is 3. The molecule has 0 saturated carbocycles. The fourth-order valence-corrected chi connectivity index (χ4v) is 3.71. The Kier molecular flexibility index (Phi) is 5.39. The molecule has 0 bridgehead atoms. The van der Waals surface area contributed by atoms with E-state index >= 15 is 0 Å². The Balaban J connectivity index is 1.67. The minimum atomic E-state index is -0.729. The van der Waals surface area contributed by atoms with E-state index in [1.54, 1.807) is 0 Å². The maximum absolute atomic E-state index is 11.9. The third-order valence-electron chi connectivity index (χ3n) is 4.87. The van der Waals surface area contributed by atoms with E-state index in [2.05, 4.69) is 54.0 Å². The number of para-hydroxylation sites is 1. The highest BCUT2D eigenvalue weighted by atomic mass is 16.4.